The van der Waals surface area contributed by atoms with Crippen LogP contribution in [0.1, 0.15) is 30.7 Å². The summed E-state index contributed by atoms with van der Waals surface area (Å²) in [5, 5.41) is 5.42. The number of rotatable bonds is 5. The van der Waals surface area contributed by atoms with Crippen LogP contribution >= 0.6 is 0 Å². The largest absolute Gasteiger partial charge is 0.466 e. The SMILES string of the molecule is CCc1cccc(C)c1NC(=O)CN1C(=O)NC(C)(c2ccco2)C1=O. The van der Waals surface area contributed by atoms with Gasteiger partial charge in [0.15, 0.2) is 5.54 Å². The predicted octanol–water partition coefficient (Wildman–Crippen LogP) is 2.56. The molecule has 1 aliphatic rings. The van der Waals surface area contributed by atoms with Gasteiger partial charge in [0.25, 0.3) is 5.91 Å². The summed E-state index contributed by atoms with van der Waals surface area (Å²) in [5.74, 6) is -0.625. The van der Waals surface area contributed by atoms with E-state index in [4.69, 9.17) is 4.42 Å². The van der Waals surface area contributed by atoms with Crippen molar-refractivity contribution in [3.63, 3.8) is 0 Å². The van der Waals surface area contributed by atoms with Gasteiger partial charge in [-0.3, -0.25) is 14.5 Å². The second-order valence-corrected chi connectivity index (χ2v) is 6.43. The topological polar surface area (TPSA) is 91.7 Å². The number of hydrogen-bond acceptors (Lipinski definition) is 4. The zero-order valence-corrected chi connectivity index (χ0v) is 15.0. The Balaban J connectivity index is 1.76. The molecular weight excluding hydrogens is 334 g/mol. The van der Waals surface area contributed by atoms with Crippen molar-refractivity contribution in [2.75, 3.05) is 11.9 Å². The van der Waals surface area contributed by atoms with Gasteiger partial charge in [-0.1, -0.05) is 25.1 Å². The Labute approximate surface area is 151 Å². The summed E-state index contributed by atoms with van der Waals surface area (Å²) in [6.07, 6.45) is 2.19. The summed E-state index contributed by atoms with van der Waals surface area (Å²) in [6, 6.07) is 8.39. The first-order valence-corrected chi connectivity index (χ1v) is 8.43. The minimum Gasteiger partial charge on any atom is -0.466 e. The van der Waals surface area contributed by atoms with Crippen LogP contribution in [-0.4, -0.2) is 29.3 Å². The van der Waals surface area contributed by atoms with Crippen LogP contribution in [0.4, 0.5) is 10.5 Å². The van der Waals surface area contributed by atoms with Crippen LogP contribution in [0.25, 0.3) is 0 Å². The Morgan fingerprint density at radius 2 is 2.04 bits per heavy atom. The van der Waals surface area contributed by atoms with Gasteiger partial charge >= 0.3 is 6.03 Å². The van der Waals surface area contributed by atoms with E-state index in [1.54, 1.807) is 19.1 Å². The van der Waals surface area contributed by atoms with E-state index in [0.717, 1.165) is 28.1 Å². The number of urea groups is 1. The molecule has 2 heterocycles. The average Bonchev–Trinajstić information content (AvgIpc) is 3.21. The molecule has 1 unspecified atom stereocenters. The van der Waals surface area contributed by atoms with Gasteiger partial charge in [-0.2, -0.15) is 0 Å². The molecule has 0 radical (unpaired) electrons. The number of amides is 4. The summed E-state index contributed by atoms with van der Waals surface area (Å²) >= 11 is 0. The van der Waals surface area contributed by atoms with Crippen molar-refractivity contribution in [3.05, 3.63) is 53.5 Å². The molecule has 0 aliphatic carbocycles. The first-order valence-electron chi connectivity index (χ1n) is 8.43. The van der Waals surface area contributed by atoms with Gasteiger partial charge in [-0.15, -0.1) is 0 Å². The van der Waals surface area contributed by atoms with Crippen LogP contribution in [0.2, 0.25) is 0 Å². The highest BCUT2D eigenvalue weighted by Crippen LogP contribution is 2.29. The molecule has 1 atom stereocenters. The number of imide groups is 1. The highest BCUT2D eigenvalue weighted by atomic mass is 16.3. The molecule has 7 heteroatoms. The summed E-state index contributed by atoms with van der Waals surface area (Å²) in [5.41, 5.74) is 1.34. The fourth-order valence-electron chi connectivity index (χ4n) is 3.10. The van der Waals surface area contributed by atoms with Crippen molar-refractivity contribution in [3.8, 4) is 0 Å². The number of carbonyl (C=O) groups excluding carboxylic acids is 3. The van der Waals surface area contributed by atoms with Crippen molar-refractivity contribution >= 4 is 23.5 Å². The molecule has 136 valence electrons. The molecule has 0 saturated carbocycles. The Hall–Kier alpha value is -3.09. The molecule has 2 aromatic rings. The number of anilines is 1. The molecule has 1 saturated heterocycles. The number of hydrogen-bond donors (Lipinski definition) is 2. The Morgan fingerprint density at radius 3 is 2.69 bits per heavy atom. The molecule has 7 nitrogen and oxygen atoms in total. The summed E-state index contributed by atoms with van der Waals surface area (Å²) < 4.78 is 5.27. The van der Waals surface area contributed by atoms with Gasteiger partial charge in [-0.05, 0) is 43.5 Å². The van der Waals surface area contributed by atoms with Gasteiger partial charge < -0.3 is 15.1 Å². The molecule has 3 rings (SSSR count). The molecule has 1 fully saturated rings. The number of para-hydroxylation sites is 1. The molecule has 2 N–H and O–H groups in total. The van der Waals surface area contributed by atoms with E-state index in [1.165, 1.54) is 6.26 Å². The van der Waals surface area contributed by atoms with Crippen LogP contribution in [0.5, 0.6) is 0 Å². The van der Waals surface area contributed by atoms with E-state index < -0.39 is 23.4 Å². The minimum atomic E-state index is -1.31. The zero-order valence-electron chi connectivity index (χ0n) is 15.0. The standard InChI is InChI=1S/C19H21N3O4/c1-4-13-8-5-7-12(2)16(13)20-15(23)11-22-17(24)19(3,21-18(22)25)14-9-6-10-26-14/h5-10H,4,11H2,1-3H3,(H,20,23)(H,21,25). The van der Waals surface area contributed by atoms with Crippen LogP contribution in [0, 0.1) is 6.92 Å². The summed E-state index contributed by atoms with van der Waals surface area (Å²) in [6.45, 7) is 5.09. The van der Waals surface area contributed by atoms with Crippen molar-refractivity contribution in [1.82, 2.24) is 10.2 Å². The molecule has 1 aliphatic heterocycles. The van der Waals surface area contributed by atoms with E-state index in [-0.39, 0.29) is 6.54 Å². The molecule has 4 amide bonds. The van der Waals surface area contributed by atoms with Crippen molar-refractivity contribution in [2.45, 2.75) is 32.7 Å². The van der Waals surface area contributed by atoms with Gasteiger partial charge in [0.05, 0.1) is 6.26 Å². The van der Waals surface area contributed by atoms with E-state index in [9.17, 15) is 14.4 Å². The van der Waals surface area contributed by atoms with E-state index in [0.29, 0.717) is 5.76 Å². The fourth-order valence-corrected chi connectivity index (χ4v) is 3.10. The first-order chi connectivity index (χ1) is 12.4. The van der Waals surface area contributed by atoms with Crippen molar-refractivity contribution in [1.29, 1.82) is 0 Å². The summed E-state index contributed by atoms with van der Waals surface area (Å²) in [7, 11) is 0. The number of benzene rings is 1. The molecule has 1 aromatic carbocycles. The maximum absolute atomic E-state index is 12.7. The highest BCUT2D eigenvalue weighted by Gasteiger charge is 2.51. The number of carbonyl (C=O) groups is 3. The van der Waals surface area contributed by atoms with E-state index in [2.05, 4.69) is 10.6 Å². The molecule has 26 heavy (non-hydrogen) atoms. The number of aryl methyl sites for hydroxylation is 2. The third-order valence-electron chi connectivity index (χ3n) is 4.60. The second-order valence-electron chi connectivity index (χ2n) is 6.43. The lowest BCUT2D eigenvalue weighted by Crippen LogP contribution is -2.42. The Bertz CT molecular complexity index is 860. The molecule has 0 bridgehead atoms. The van der Waals surface area contributed by atoms with E-state index >= 15 is 0 Å². The van der Waals surface area contributed by atoms with E-state index in [1.807, 2.05) is 32.0 Å². The fraction of sp³-hybridized carbons (Fsp3) is 0.316. The van der Waals surface area contributed by atoms with Crippen LogP contribution in [0.3, 0.4) is 0 Å². The number of nitrogens with zero attached hydrogens (tertiary/aromatic N) is 1. The lowest BCUT2D eigenvalue weighted by molar-refractivity contribution is -0.134. The molecular formula is C19H21N3O4. The van der Waals surface area contributed by atoms with Crippen molar-refractivity contribution in [2.24, 2.45) is 0 Å². The maximum Gasteiger partial charge on any atom is 0.325 e. The molecule has 1 aromatic heterocycles. The Kier molecular flexibility index (Phi) is 4.54. The van der Waals surface area contributed by atoms with Gasteiger partial charge in [0.1, 0.15) is 12.3 Å². The number of nitrogens with one attached hydrogen (secondary N) is 2. The first kappa shape index (κ1) is 17.7. The van der Waals surface area contributed by atoms with Crippen LogP contribution in [-0.2, 0) is 21.5 Å². The lowest BCUT2D eigenvalue weighted by atomic mass is 9.99. The lowest BCUT2D eigenvalue weighted by Gasteiger charge is -2.19. The average molecular weight is 355 g/mol. The van der Waals surface area contributed by atoms with Crippen molar-refractivity contribution < 1.29 is 18.8 Å². The minimum absolute atomic E-state index is 0.325. The maximum atomic E-state index is 12.7. The highest BCUT2D eigenvalue weighted by molar-refractivity contribution is 6.10. The Morgan fingerprint density at radius 1 is 1.27 bits per heavy atom. The summed E-state index contributed by atoms with van der Waals surface area (Å²) in [4.78, 5) is 38.3. The smallest absolute Gasteiger partial charge is 0.325 e. The van der Waals surface area contributed by atoms with Crippen LogP contribution in [0.15, 0.2) is 41.0 Å². The predicted molar refractivity (Wildman–Crippen MR) is 95.5 cm³/mol. The van der Waals surface area contributed by atoms with Gasteiger partial charge in [0, 0.05) is 5.69 Å². The van der Waals surface area contributed by atoms with Gasteiger partial charge in [-0.25, -0.2) is 4.79 Å². The van der Waals surface area contributed by atoms with Crippen LogP contribution < -0.4 is 10.6 Å². The monoisotopic (exact) mass is 355 g/mol. The quantitative estimate of drug-likeness (QED) is 0.807. The second kappa shape index (κ2) is 6.67. The third-order valence-corrected chi connectivity index (χ3v) is 4.60. The zero-order chi connectivity index (χ0) is 18.9. The third kappa shape index (κ3) is 2.96. The normalized spacial score (nSPS) is 19.6. The molecule has 0 spiro atoms. The number of furan rings is 1. The van der Waals surface area contributed by atoms with Gasteiger partial charge in [0.2, 0.25) is 5.91 Å².